The first-order chi connectivity index (χ1) is 14.3. The Morgan fingerprint density at radius 1 is 1.27 bits per heavy atom. The number of hydrogen-bond acceptors (Lipinski definition) is 7. The van der Waals surface area contributed by atoms with Crippen LogP contribution in [0.5, 0.6) is 5.75 Å². The Morgan fingerprint density at radius 3 is 2.70 bits per heavy atom. The summed E-state index contributed by atoms with van der Waals surface area (Å²) in [4.78, 5) is 48.1. The number of non-ortho nitro benzene ring substituents is 1. The number of hydrogen-bond donors (Lipinski definition) is 1. The average molecular weight is 413 g/mol. The molecule has 0 spiro atoms. The third-order valence-corrected chi connectivity index (χ3v) is 4.37. The lowest BCUT2D eigenvalue weighted by Crippen LogP contribution is -2.44. The van der Waals surface area contributed by atoms with E-state index in [0.29, 0.717) is 0 Å². The topological polar surface area (TPSA) is 128 Å². The number of nitrogens with one attached hydrogen (secondary N) is 1. The molecule has 0 radical (unpaired) electrons. The van der Waals surface area contributed by atoms with Gasteiger partial charge in [-0.25, -0.2) is 0 Å². The van der Waals surface area contributed by atoms with Gasteiger partial charge >= 0.3 is 5.97 Å². The standard InChI is InChI=1S/C20H19N3O7/c1-13(20(26)21-10-14-5-3-2-4-6-14)30-19(25)11-22-16-9-15(23(27)28)7-8-17(16)29-12-18(22)24/h2-9,13H,10-12H2,1H3,(H,21,26)/t13-/m0/s1. The normalized spacial score (nSPS) is 13.6. The molecule has 1 heterocycles. The van der Waals surface area contributed by atoms with Crippen LogP contribution >= 0.6 is 0 Å². The minimum atomic E-state index is -1.08. The first-order valence-corrected chi connectivity index (χ1v) is 9.08. The molecular weight excluding hydrogens is 394 g/mol. The van der Waals surface area contributed by atoms with Gasteiger partial charge in [0.25, 0.3) is 17.5 Å². The summed E-state index contributed by atoms with van der Waals surface area (Å²) in [7, 11) is 0. The quantitative estimate of drug-likeness (QED) is 0.414. The Balaban J connectivity index is 1.61. The number of anilines is 1. The van der Waals surface area contributed by atoms with Gasteiger partial charge in [-0.15, -0.1) is 0 Å². The molecule has 1 aliphatic rings. The van der Waals surface area contributed by atoms with Crippen molar-refractivity contribution in [2.45, 2.75) is 19.6 Å². The van der Waals surface area contributed by atoms with Crippen LogP contribution in [0.4, 0.5) is 11.4 Å². The predicted molar refractivity (Wildman–Crippen MR) is 105 cm³/mol. The van der Waals surface area contributed by atoms with E-state index in [9.17, 15) is 24.5 Å². The number of rotatable bonds is 7. The Bertz CT molecular complexity index is 978. The maximum Gasteiger partial charge on any atom is 0.326 e. The Hall–Kier alpha value is -3.95. The Morgan fingerprint density at radius 2 is 2.00 bits per heavy atom. The molecule has 0 saturated carbocycles. The summed E-state index contributed by atoms with van der Waals surface area (Å²) in [5.74, 6) is -1.63. The number of nitrogens with zero attached hydrogens (tertiary/aromatic N) is 2. The molecule has 10 heteroatoms. The molecule has 0 saturated heterocycles. The molecule has 3 rings (SSSR count). The fraction of sp³-hybridized carbons (Fsp3) is 0.250. The number of nitro benzene ring substituents is 1. The van der Waals surface area contributed by atoms with Gasteiger partial charge in [-0.05, 0) is 18.6 Å². The molecule has 0 aromatic heterocycles. The Kier molecular flexibility index (Phi) is 6.26. The highest BCUT2D eigenvalue weighted by molar-refractivity contribution is 6.02. The molecule has 1 atom stereocenters. The van der Waals surface area contributed by atoms with Gasteiger partial charge in [0.2, 0.25) is 0 Å². The van der Waals surface area contributed by atoms with Gasteiger partial charge < -0.3 is 14.8 Å². The van der Waals surface area contributed by atoms with Crippen molar-refractivity contribution < 1.29 is 28.8 Å². The van der Waals surface area contributed by atoms with Gasteiger partial charge in [-0.2, -0.15) is 0 Å². The summed E-state index contributed by atoms with van der Waals surface area (Å²) < 4.78 is 10.4. The lowest BCUT2D eigenvalue weighted by atomic mass is 10.2. The van der Waals surface area contributed by atoms with Crippen LogP contribution in [-0.4, -0.2) is 42.0 Å². The van der Waals surface area contributed by atoms with Crippen molar-refractivity contribution in [2.75, 3.05) is 18.1 Å². The zero-order chi connectivity index (χ0) is 21.7. The van der Waals surface area contributed by atoms with Gasteiger partial charge in [0, 0.05) is 18.7 Å². The van der Waals surface area contributed by atoms with Crippen LogP contribution in [0.3, 0.4) is 0 Å². The van der Waals surface area contributed by atoms with E-state index in [1.807, 2.05) is 30.3 Å². The van der Waals surface area contributed by atoms with Gasteiger partial charge in [0.1, 0.15) is 12.3 Å². The van der Waals surface area contributed by atoms with Gasteiger partial charge in [-0.1, -0.05) is 30.3 Å². The lowest BCUT2D eigenvalue weighted by Gasteiger charge is -2.28. The number of fused-ring (bicyclic) bond motifs is 1. The minimum absolute atomic E-state index is 0.0959. The molecular formula is C20H19N3O7. The molecule has 0 unspecified atom stereocenters. The third kappa shape index (κ3) is 4.90. The minimum Gasteiger partial charge on any atom is -0.482 e. The van der Waals surface area contributed by atoms with Crippen molar-refractivity contribution in [3.05, 3.63) is 64.2 Å². The van der Waals surface area contributed by atoms with E-state index in [-0.39, 0.29) is 30.3 Å². The molecule has 1 aliphatic heterocycles. The largest absolute Gasteiger partial charge is 0.482 e. The summed E-state index contributed by atoms with van der Waals surface area (Å²) in [6.45, 7) is 0.872. The highest BCUT2D eigenvalue weighted by Crippen LogP contribution is 2.35. The predicted octanol–water partition coefficient (Wildman–Crippen LogP) is 1.57. The van der Waals surface area contributed by atoms with E-state index in [2.05, 4.69) is 5.32 Å². The number of carbonyl (C=O) groups excluding carboxylic acids is 3. The highest BCUT2D eigenvalue weighted by atomic mass is 16.6. The summed E-state index contributed by atoms with van der Waals surface area (Å²) in [6.07, 6.45) is -1.08. The molecule has 2 aromatic carbocycles. The smallest absolute Gasteiger partial charge is 0.326 e. The fourth-order valence-corrected chi connectivity index (χ4v) is 2.82. The molecule has 0 fully saturated rings. The summed E-state index contributed by atoms with van der Waals surface area (Å²) in [5, 5.41) is 13.7. The second-order valence-electron chi connectivity index (χ2n) is 6.51. The van der Waals surface area contributed by atoms with Crippen LogP contribution in [0.1, 0.15) is 12.5 Å². The van der Waals surface area contributed by atoms with Crippen LogP contribution in [0.15, 0.2) is 48.5 Å². The van der Waals surface area contributed by atoms with E-state index < -0.39 is 35.4 Å². The number of benzene rings is 2. The second-order valence-corrected chi connectivity index (χ2v) is 6.51. The zero-order valence-electron chi connectivity index (χ0n) is 16.1. The van der Waals surface area contributed by atoms with Gasteiger partial charge in [0.15, 0.2) is 12.7 Å². The first kappa shape index (κ1) is 20.8. The van der Waals surface area contributed by atoms with Gasteiger partial charge in [0.05, 0.1) is 10.6 Å². The van der Waals surface area contributed by atoms with E-state index in [4.69, 9.17) is 9.47 Å². The molecule has 30 heavy (non-hydrogen) atoms. The van der Waals surface area contributed by atoms with E-state index >= 15 is 0 Å². The van der Waals surface area contributed by atoms with Crippen LogP contribution in [0, 0.1) is 10.1 Å². The van der Waals surface area contributed by atoms with Crippen molar-refractivity contribution in [2.24, 2.45) is 0 Å². The van der Waals surface area contributed by atoms with Crippen molar-refractivity contribution in [3.63, 3.8) is 0 Å². The molecule has 0 aliphatic carbocycles. The first-order valence-electron chi connectivity index (χ1n) is 9.08. The molecule has 10 nitrogen and oxygen atoms in total. The third-order valence-electron chi connectivity index (χ3n) is 4.37. The van der Waals surface area contributed by atoms with Crippen molar-refractivity contribution >= 4 is 29.2 Å². The van der Waals surface area contributed by atoms with Crippen molar-refractivity contribution in [1.82, 2.24) is 5.32 Å². The molecule has 1 N–H and O–H groups in total. The van der Waals surface area contributed by atoms with Crippen LogP contribution in [-0.2, 0) is 25.7 Å². The highest BCUT2D eigenvalue weighted by Gasteiger charge is 2.30. The van der Waals surface area contributed by atoms with E-state index in [0.717, 1.165) is 16.5 Å². The summed E-state index contributed by atoms with van der Waals surface area (Å²) in [5.41, 5.74) is 0.735. The maximum atomic E-state index is 12.3. The van der Waals surface area contributed by atoms with Crippen LogP contribution in [0.25, 0.3) is 0 Å². The van der Waals surface area contributed by atoms with Crippen molar-refractivity contribution in [3.8, 4) is 5.75 Å². The van der Waals surface area contributed by atoms with E-state index in [1.54, 1.807) is 0 Å². The summed E-state index contributed by atoms with van der Waals surface area (Å²) >= 11 is 0. The molecule has 2 amide bonds. The maximum absolute atomic E-state index is 12.3. The SMILES string of the molecule is C[C@H](OC(=O)CN1C(=O)COc2ccc([N+](=O)[O-])cc21)C(=O)NCc1ccccc1. The van der Waals surface area contributed by atoms with Crippen LogP contribution in [0.2, 0.25) is 0 Å². The zero-order valence-corrected chi connectivity index (χ0v) is 16.1. The average Bonchev–Trinajstić information content (AvgIpc) is 2.74. The number of amides is 2. The monoisotopic (exact) mass is 413 g/mol. The molecule has 156 valence electrons. The fourth-order valence-electron chi connectivity index (χ4n) is 2.82. The number of nitro groups is 1. The number of carbonyl (C=O) groups is 3. The Labute approximate surface area is 171 Å². The number of esters is 1. The second kappa shape index (κ2) is 9.03. The van der Waals surface area contributed by atoms with Crippen molar-refractivity contribution in [1.29, 1.82) is 0 Å². The van der Waals surface area contributed by atoms with Crippen LogP contribution < -0.4 is 15.0 Å². The number of ether oxygens (including phenoxy) is 2. The molecule has 2 aromatic rings. The summed E-state index contributed by atoms with van der Waals surface area (Å²) in [6, 6.07) is 13.0. The lowest BCUT2D eigenvalue weighted by molar-refractivity contribution is -0.384. The van der Waals surface area contributed by atoms with E-state index in [1.165, 1.54) is 19.1 Å². The molecule has 0 bridgehead atoms. The van der Waals surface area contributed by atoms with Gasteiger partial charge in [-0.3, -0.25) is 29.4 Å².